The van der Waals surface area contributed by atoms with Crippen molar-refractivity contribution in [2.24, 2.45) is 5.92 Å². The molecule has 0 fully saturated rings. The van der Waals surface area contributed by atoms with E-state index in [2.05, 4.69) is 38.2 Å². The number of halogens is 1. The predicted molar refractivity (Wildman–Crippen MR) is 84.3 cm³/mol. The average molecular weight is 286 g/mol. The Bertz CT molecular complexity index is 295. The summed E-state index contributed by atoms with van der Waals surface area (Å²) in [5.74, 6) is 0.784. The highest BCUT2D eigenvalue weighted by atomic mass is 35.5. The van der Waals surface area contributed by atoms with Gasteiger partial charge >= 0.3 is 0 Å². The molecule has 0 aliphatic rings. The number of hydrogen-bond donors (Lipinski definition) is 1. The molecule has 0 unspecified atom stereocenters. The molecule has 0 saturated heterocycles. The van der Waals surface area contributed by atoms with E-state index >= 15 is 0 Å². The standard InChI is InChI=1S/C16H28ClNO/c1-4-8-15(13-17)9-6-5-7-10-16(19)18-12-11-14(2)3/h5-6,13-14H,4,7-12H2,1-3H3,(H,18,19). The molecule has 0 aliphatic heterocycles. The highest BCUT2D eigenvalue weighted by Gasteiger charge is 1.99. The number of carbonyl (C=O) groups excluding carboxylic acids is 1. The molecule has 0 rings (SSSR count). The molecular formula is C16H28ClNO. The minimum atomic E-state index is 0.145. The van der Waals surface area contributed by atoms with Crippen LogP contribution in [0.2, 0.25) is 0 Å². The topological polar surface area (TPSA) is 29.1 Å². The van der Waals surface area contributed by atoms with Crippen molar-refractivity contribution in [1.82, 2.24) is 5.32 Å². The van der Waals surface area contributed by atoms with Crippen LogP contribution in [0, 0.1) is 5.92 Å². The molecule has 0 aromatic rings. The van der Waals surface area contributed by atoms with E-state index in [1.165, 1.54) is 5.57 Å². The summed E-state index contributed by atoms with van der Waals surface area (Å²) < 4.78 is 0. The lowest BCUT2D eigenvalue weighted by atomic mass is 10.1. The van der Waals surface area contributed by atoms with E-state index in [0.717, 1.165) is 38.6 Å². The second-order valence-electron chi connectivity index (χ2n) is 5.26. The first-order valence-corrected chi connectivity index (χ1v) is 7.73. The van der Waals surface area contributed by atoms with Crippen molar-refractivity contribution in [3.8, 4) is 0 Å². The average Bonchev–Trinajstić information content (AvgIpc) is 2.36. The first kappa shape index (κ1) is 18.2. The Labute approximate surface area is 123 Å². The zero-order valence-electron chi connectivity index (χ0n) is 12.5. The van der Waals surface area contributed by atoms with Crippen molar-refractivity contribution >= 4 is 17.5 Å². The van der Waals surface area contributed by atoms with Gasteiger partial charge in [0.2, 0.25) is 5.91 Å². The molecule has 3 heteroatoms. The van der Waals surface area contributed by atoms with Gasteiger partial charge in [-0.3, -0.25) is 4.79 Å². The molecule has 0 aromatic heterocycles. The van der Waals surface area contributed by atoms with Gasteiger partial charge in [0.05, 0.1) is 0 Å². The lowest BCUT2D eigenvalue weighted by Gasteiger charge is -2.06. The third-order valence-electron chi connectivity index (χ3n) is 2.85. The van der Waals surface area contributed by atoms with Crippen LogP contribution < -0.4 is 5.32 Å². The number of amides is 1. The van der Waals surface area contributed by atoms with Gasteiger partial charge in [-0.1, -0.05) is 56.5 Å². The lowest BCUT2D eigenvalue weighted by molar-refractivity contribution is -0.121. The van der Waals surface area contributed by atoms with Gasteiger partial charge in [0.1, 0.15) is 0 Å². The first-order chi connectivity index (χ1) is 9.10. The quantitative estimate of drug-likeness (QED) is 0.574. The Kier molecular flexibility index (Phi) is 11.8. The zero-order valence-corrected chi connectivity index (χ0v) is 13.3. The second kappa shape index (κ2) is 12.3. The summed E-state index contributed by atoms with van der Waals surface area (Å²) in [6.45, 7) is 7.25. The molecule has 0 bridgehead atoms. The normalized spacial score (nSPS) is 12.4. The van der Waals surface area contributed by atoms with Crippen molar-refractivity contribution in [1.29, 1.82) is 0 Å². The smallest absolute Gasteiger partial charge is 0.220 e. The highest BCUT2D eigenvalue weighted by Crippen LogP contribution is 2.11. The number of nitrogens with one attached hydrogen (secondary N) is 1. The summed E-state index contributed by atoms with van der Waals surface area (Å²) in [4.78, 5) is 11.5. The van der Waals surface area contributed by atoms with Crippen LogP contribution in [-0.4, -0.2) is 12.5 Å². The maximum absolute atomic E-state index is 11.5. The molecule has 19 heavy (non-hydrogen) atoms. The Morgan fingerprint density at radius 1 is 1.26 bits per heavy atom. The molecule has 1 N–H and O–H groups in total. The first-order valence-electron chi connectivity index (χ1n) is 7.30. The van der Waals surface area contributed by atoms with E-state index in [-0.39, 0.29) is 5.91 Å². The van der Waals surface area contributed by atoms with Crippen LogP contribution in [0.3, 0.4) is 0 Å². The van der Waals surface area contributed by atoms with Gasteiger partial charge in [0, 0.05) is 18.5 Å². The van der Waals surface area contributed by atoms with E-state index in [1.807, 2.05) is 0 Å². The molecule has 0 aliphatic carbocycles. The molecule has 0 spiro atoms. The van der Waals surface area contributed by atoms with Crippen LogP contribution in [0.4, 0.5) is 0 Å². The fraction of sp³-hybridized carbons (Fsp3) is 0.688. The van der Waals surface area contributed by atoms with E-state index in [1.54, 1.807) is 5.54 Å². The van der Waals surface area contributed by atoms with E-state index in [0.29, 0.717) is 12.3 Å². The Hall–Kier alpha value is -0.760. The fourth-order valence-corrected chi connectivity index (χ4v) is 1.88. The molecule has 0 radical (unpaired) electrons. The van der Waals surface area contributed by atoms with Crippen molar-refractivity contribution < 1.29 is 4.79 Å². The summed E-state index contributed by atoms with van der Waals surface area (Å²) in [6.07, 6.45) is 9.64. The predicted octanol–water partition coefficient (Wildman–Crippen LogP) is 4.80. The van der Waals surface area contributed by atoms with Crippen LogP contribution in [0.1, 0.15) is 59.3 Å². The van der Waals surface area contributed by atoms with Gasteiger partial charge in [-0.05, 0) is 31.6 Å². The Balaban J connectivity index is 3.64. The third kappa shape index (κ3) is 12.0. The van der Waals surface area contributed by atoms with Gasteiger partial charge in [0.25, 0.3) is 0 Å². The second-order valence-corrected chi connectivity index (χ2v) is 5.48. The summed E-state index contributed by atoms with van der Waals surface area (Å²) in [5, 5.41) is 2.94. The largest absolute Gasteiger partial charge is 0.356 e. The van der Waals surface area contributed by atoms with Gasteiger partial charge in [-0.25, -0.2) is 0 Å². The Morgan fingerprint density at radius 2 is 2.00 bits per heavy atom. The molecule has 2 nitrogen and oxygen atoms in total. The van der Waals surface area contributed by atoms with Gasteiger partial charge in [-0.15, -0.1) is 0 Å². The van der Waals surface area contributed by atoms with Crippen molar-refractivity contribution in [3.05, 3.63) is 23.3 Å². The molecule has 0 aromatic carbocycles. The molecule has 110 valence electrons. The van der Waals surface area contributed by atoms with Gasteiger partial charge in [-0.2, -0.15) is 0 Å². The number of hydrogen-bond acceptors (Lipinski definition) is 1. The molecule has 0 saturated carbocycles. The molecule has 0 atom stereocenters. The maximum atomic E-state index is 11.5. The fourth-order valence-electron chi connectivity index (χ4n) is 1.68. The van der Waals surface area contributed by atoms with Crippen LogP contribution in [-0.2, 0) is 4.79 Å². The van der Waals surface area contributed by atoms with E-state index in [9.17, 15) is 4.79 Å². The molecule has 0 heterocycles. The van der Waals surface area contributed by atoms with Crippen molar-refractivity contribution in [2.45, 2.75) is 59.3 Å². The summed E-state index contributed by atoms with van der Waals surface area (Å²) in [7, 11) is 0. The zero-order chi connectivity index (χ0) is 14.5. The van der Waals surface area contributed by atoms with Crippen molar-refractivity contribution in [3.63, 3.8) is 0 Å². The number of allylic oxidation sites excluding steroid dienone is 3. The summed E-state index contributed by atoms with van der Waals surface area (Å²) in [6, 6.07) is 0. The van der Waals surface area contributed by atoms with Gasteiger partial charge < -0.3 is 5.32 Å². The minimum Gasteiger partial charge on any atom is -0.356 e. The summed E-state index contributed by atoms with van der Waals surface area (Å²) in [5.41, 5.74) is 2.92. The van der Waals surface area contributed by atoms with E-state index in [4.69, 9.17) is 11.6 Å². The van der Waals surface area contributed by atoms with Gasteiger partial charge in [0.15, 0.2) is 0 Å². The van der Waals surface area contributed by atoms with Crippen LogP contribution in [0.5, 0.6) is 0 Å². The maximum Gasteiger partial charge on any atom is 0.220 e. The highest BCUT2D eigenvalue weighted by molar-refractivity contribution is 6.25. The van der Waals surface area contributed by atoms with Crippen LogP contribution >= 0.6 is 11.6 Å². The van der Waals surface area contributed by atoms with Crippen molar-refractivity contribution in [2.75, 3.05) is 6.54 Å². The number of carbonyl (C=O) groups is 1. The van der Waals surface area contributed by atoms with Crippen LogP contribution in [0.15, 0.2) is 23.3 Å². The number of rotatable bonds is 10. The monoisotopic (exact) mass is 285 g/mol. The van der Waals surface area contributed by atoms with Crippen LogP contribution in [0.25, 0.3) is 0 Å². The third-order valence-corrected chi connectivity index (χ3v) is 3.16. The molecule has 1 amide bonds. The summed E-state index contributed by atoms with van der Waals surface area (Å²) >= 11 is 5.73. The van der Waals surface area contributed by atoms with E-state index < -0.39 is 0 Å². The SMILES string of the molecule is CCCC(=CCl)CC=CCCC(=O)NCCC(C)C. The minimum absolute atomic E-state index is 0.145. The lowest BCUT2D eigenvalue weighted by Crippen LogP contribution is -2.24. The molecular weight excluding hydrogens is 258 g/mol. The Morgan fingerprint density at radius 3 is 2.58 bits per heavy atom.